The van der Waals surface area contributed by atoms with Gasteiger partial charge < -0.3 is 10.4 Å². The second-order valence-corrected chi connectivity index (χ2v) is 5.40. The Labute approximate surface area is 146 Å². The second-order valence-electron chi connectivity index (χ2n) is 5.40. The zero-order valence-corrected chi connectivity index (χ0v) is 13.4. The summed E-state index contributed by atoms with van der Waals surface area (Å²) in [5.41, 5.74) is 2.72. The molecular formula is C21H16N2O2. The van der Waals surface area contributed by atoms with Crippen molar-refractivity contribution in [2.45, 2.75) is 6.42 Å². The van der Waals surface area contributed by atoms with Gasteiger partial charge in [0.05, 0.1) is 6.42 Å². The lowest BCUT2D eigenvalue weighted by Gasteiger charge is -2.07. The maximum atomic E-state index is 12.2. The number of carbonyl (C=O) groups excluding carboxylic acids is 1. The molecule has 0 spiro atoms. The van der Waals surface area contributed by atoms with Gasteiger partial charge in [0.15, 0.2) is 0 Å². The zero-order valence-electron chi connectivity index (χ0n) is 13.4. The molecule has 1 aromatic heterocycles. The first kappa shape index (κ1) is 16.3. The summed E-state index contributed by atoms with van der Waals surface area (Å²) in [5, 5.41) is 12.6. The highest BCUT2D eigenvalue weighted by atomic mass is 16.3. The number of nitrogens with one attached hydrogen (secondary N) is 1. The van der Waals surface area contributed by atoms with Crippen molar-refractivity contribution in [2.24, 2.45) is 0 Å². The Hall–Kier alpha value is -3.58. The van der Waals surface area contributed by atoms with E-state index >= 15 is 0 Å². The number of benzene rings is 2. The number of phenolic OH excluding ortho intramolecular Hbond substituents is 1. The minimum atomic E-state index is -0.198. The molecule has 0 aliphatic heterocycles. The van der Waals surface area contributed by atoms with Crippen LogP contribution >= 0.6 is 0 Å². The fourth-order valence-corrected chi connectivity index (χ4v) is 2.29. The number of nitrogens with zero attached hydrogens (tertiary/aromatic N) is 1. The van der Waals surface area contributed by atoms with Gasteiger partial charge in [0.2, 0.25) is 5.91 Å². The molecule has 2 N–H and O–H groups in total. The highest BCUT2D eigenvalue weighted by Gasteiger charge is 2.07. The Balaban J connectivity index is 1.69. The SMILES string of the molecule is O=C(Cc1ccccc1O)Nc1cccc(C#Cc2ccccn2)c1. The van der Waals surface area contributed by atoms with Crippen LogP contribution in [0.5, 0.6) is 5.75 Å². The van der Waals surface area contributed by atoms with E-state index < -0.39 is 0 Å². The summed E-state index contributed by atoms with van der Waals surface area (Å²) < 4.78 is 0. The lowest BCUT2D eigenvalue weighted by molar-refractivity contribution is -0.115. The van der Waals surface area contributed by atoms with Crippen molar-refractivity contribution >= 4 is 11.6 Å². The molecule has 122 valence electrons. The number of phenols is 1. The first-order chi connectivity index (χ1) is 12.2. The number of hydrogen-bond acceptors (Lipinski definition) is 3. The van der Waals surface area contributed by atoms with Crippen LogP contribution < -0.4 is 5.32 Å². The number of aromatic nitrogens is 1. The average Bonchev–Trinajstić information content (AvgIpc) is 2.63. The third-order valence-electron chi connectivity index (χ3n) is 3.49. The number of para-hydroxylation sites is 1. The Morgan fingerprint density at radius 2 is 1.84 bits per heavy atom. The van der Waals surface area contributed by atoms with E-state index in [1.165, 1.54) is 0 Å². The lowest BCUT2D eigenvalue weighted by atomic mass is 10.1. The van der Waals surface area contributed by atoms with Crippen LogP contribution in [0, 0.1) is 11.8 Å². The lowest BCUT2D eigenvalue weighted by Crippen LogP contribution is -2.14. The van der Waals surface area contributed by atoms with E-state index in [0.29, 0.717) is 16.9 Å². The fourth-order valence-electron chi connectivity index (χ4n) is 2.29. The molecule has 4 nitrogen and oxygen atoms in total. The molecule has 0 atom stereocenters. The second kappa shape index (κ2) is 7.80. The van der Waals surface area contributed by atoms with E-state index in [0.717, 1.165) is 5.56 Å². The van der Waals surface area contributed by atoms with Crippen molar-refractivity contribution in [3.05, 3.63) is 89.7 Å². The number of pyridine rings is 1. The molecule has 0 aliphatic rings. The summed E-state index contributed by atoms with van der Waals surface area (Å²) in [6.07, 6.45) is 1.80. The van der Waals surface area contributed by atoms with Crippen molar-refractivity contribution in [3.8, 4) is 17.6 Å². The van der Waals surface area contributed by atoms with Gasteiger partial charge in [0, 0.05) is 23.0 Å². The van der Waals surface area contributed by atoms with Gasteiger partial charge in [-0.1, -0.05) is 36.3 Å². The van der Waals surface area contributed by atoms with Crippen molar-refractivity contribution < 1.29 is 9.90 Å². The predicted molar refractivity (Wildman–Crippen MR) is 97.1 cm³/mol. The van der Waals surface area contributed by atoms with E-state index in [2.05, 4.69) is 22.1 Å². The summed E-state index contributed by atoms with van der Waals surface area (Å²) >= 11 is 0. The molecule has 2 aromatic carbocycles. The van der Waals surface area contributed by atoms with Crippen LogP contribution in [0.2, 0.25) is 0 Å². The van der Waals surface area contributed by atoms with Gasteiger partial charge in [-0.2, -0.15) is 0 Å². The Morgan fingerprint density at radius 1 is 1.00 bits per heavy atom. The van der Waals surface area contributed by atoms with Gasteiger partial charge in [-0.3, -0.25) is 4.79 Å². The van der Waals surface area contributed by atoms with Crippen LogP contribution in [0.15, 0.2) is 72.9 Å². The van der Waals surface area contributed by atoms with Crippen LogP contribution in [0.3, 0.4) is 0 Å². The molecule has 0 saturated carbocycles. The summed E-state index contributed by atoms with van der Waals surface area (Å²) in [6, 6.07) is 19.7. The minimum Gasteiger partial charge on any atom is -0.508 e. The van der Waals surface area contributed by atoms with E-state index in [9.17, 15) is 9.90 Å². The van der Waals surface area contributed by atoms with Crippen LogP contribution in [-0.2, 0) is 11.2 Å². The number of aromatic hydroxyl groups is 1. The largest absolute Gasteiger partial charge is 0.508 e. The number of rotatable bonds is 3. The first-order valence-corrected chi connectivity index (χ1v) is 7.80. The van der Waals surface area contributed by atoms with Gasteiger partial charge in [-0.05, 0) is 42.3 Å². The monoisotopic (exact) mass is 328 g/mol. The summed E-state index contributed by atoms with van der Waals surface area (Å²) in [4.78, 5) is 16.3. The van der Waals surface area contributed by atoms with Crippen molar-refractivity contribution in [1.29, 1.82) is 0 Å². The van der Waals surface area contributed by atoms with Gasteiger partial charge in [-0.15, -0.1) is 0 Å². The maximum absolute atomic E-state index is 12.2. The summed E-state index contributed by atoms with van der Waals surface area (Å²) in [6.45, 7) is 0. The third kappa shape index (κ3) is 4.69. The average molecular weight is 328 g/mol. The molecule has 1 amide bonds. The van der Waals surface area contributed by atoms with Crippen LogP contribution in [-0.4, -0.2) is 16.0 Å². The standard InChI is InChI=1S/C21H16N2O2/c24-20-10-2-1-7-17(20)15-21(25)23-19-9-5-6-16(14-19)11-12-18-8-3-4-13-22-18/h1-10,13-14,24H,15H2,(H,23,25). The van der Waals surface area contributed by atoms with Crippen molar-refractivity contribution in [2.75, 3.05) is 5.32 Å². The molecule has 0 aliphatic carbocycles. The van der Waals surface area contributed by atoms with Crippen molar-refractivity contribution in [3.63, 3.8) is 0 Å². The maximum Gasteiger partial charge on any atom is 0.228 e. The summed E-state index contributed by atoms with van der Waals surface area (Å²) in [5.74, 6) is 5.93. The molecule has 0 radical (unpaired) electrons. The number of hydrogen-bond donors (Lipinski definition) is 2. The highest BCUT2D eigenvalue weighted by molar-refractivity contribution is 5.92. The molecule has 4 heteroatoms. The molecule has 3 rings (SSSR count). The Morgan fingerprint density at radius 3 is 2.64 bits per heavy atom. The topological polar surface area (TPSA) is 62.2 Å². The molecule has 1 heterocycles. The molecule has 0 bridgehead atoms. The van der Waals surface area contributed by atoms with E-state index in [1.807, 2.05) is 30.3 Å². The van der Waals surface area contributed by atoms with E-state index in [1.54, 1.807) is 42.6 Å². The zero-order chi connectivity index (χ0) is 17.5. The molecule has 25 heavy (non-hydrogen) atoms. The molecule has 3 aromatic rings. The molecular weight excluding hydrogens is 312 g/mol. The Kier molecular flexibility index (Phi) is 5.08. The fraction of sp³-hybridized carbons (Fsp3) is 0.0476. The smallest absolute Gasteiger partial charge is 0.228 e. The predicted octanol–water partition coefficient (Wildman–Crippen LogP) is 3.37. The minimum absolute atomic E-state index is 0.108. The van der Waals surface area contributed by atoms with Crippen LogP contribution in [0.4, 0.5) is 5.69 Å². The van der Waals surface area contributed by atoms with Gasteiger partial charge in [0.1, 0.15) is 11.4 Å². The first-order valence-electron chi connectivity index (χ1n) is 7.80. The number of amides is 1. The van der Waals surface area contributed by atoms with Gasteiger partial charge in [-0.25, -0.2) is 4.98 Å². The van der Waals surface area contributed by atoms with E-state index in [4.69, 9.17) is 0 Å². The van der Waals surface area contributed by atoms with Gasteiger partial charge >= 0.3 is 0 Å². The quantitative estimate of drug-likeness (QED) is 0.725. The van der Waals surface area contributed by atoms with Crippen molar-refractivity contribution in [1.82, 2.24) is 4.98 Å². The van der Waals surface area contributed by atoms with Gasteiger partial charge in [0.25, 0.3) is 0 Å². The molecule has 0 unspecified atom stereocenters. The normalized spacial score (nSPS) is 9.76. The summed E-state index contributed by atoms with van der Waals surface area (Å²) in [7, 11) is 0. The third-order valence-corrected chi connectivity index (χ3v) is 3.49. The molecule has 0 saturated heterocycles. The highest BCUT2D eigenvalue weighted by Crippen LogP contribution is 2.17. The number of anilines is 1. The van der Waals surface area contributed by atoms with Crippen LogP contribution in [0.25, 0.3) is 0 Å². The van der Waals surface area contributed by atoms with Crippen LogP contribution in [0.1, 0.15) is 16.8 Å². The van der Waals surface area contributed by atoms with E-state index in [-0.39, 0.29) is 18.1 Å². The molecule has 0 fully saturated rings. The Bertz CT molecular complexity index is 941. The number of carbonyl (C=O) groups is 1.